The second kappa shape index (κ2) is 8.49. The first-order valence-corrected chi connectivity index (χ1v) is 10.6. The third-order valence-electron chi connectivity index (χ3n) is 6.41. The Kier molecular flexibility index (Phi) is 5.80. The summed E-state index contributed by atoms with van der Waals surface area (Å²) in [5.41, 5.74) is 1.95. The van der Waals surface area contributed by atoms with E-state index in [1.54, 1.807) is 17.0 Å². The van der Waals surface area contributed by atoms with Gasteiger partial charge in [-0.05, 0) is 45.1 Å². The topological polar surface area (TPSA) is 93.3 Å². The van der Waals surface area contributed by atoms with Gasteiger partial charge in [-0.15, -0.1) is 0 Å². The lowest BCUT2D eigenvalue weighted by molar-refractivity contribution is -0.137. The molecule has 3 heterocycles. The third-order valence-corrected chi connectivity index (χ3v) is 6.41. The summed E-state index contributed by atoms with van der Waals surface area (Å²) in [6.07, 6.45) is 11.8. The van der Waals surface area contributed by atoms with Crippen LogP contribution in [0.3, 0.4) is 0 Å². The van der Waals surface area contributed by atoms with Crippen LogP contribution in [-0.2, 0) is 17.6 Å². The molecule has 1 aliphatic heterocycles. The summed E-state index contributed by atoms with van der Waals surface area (Å²) in [7, 11) is 2.10. The van der Waals surface area contributed by atoms with E-state index in [9.17, 15) is 9.59 Å². The number of nitrogens with zero attached hydrogens (tertiary/aromatic N) is 5. The number of fused-ring (bicyclic) bond motifs is 1. The van der Waals surface area contributed by atoms with E-state index in [-0.39, 0.29) is 18.2 Å². The van der Waals surface area contributed by atoms with E-state index < -0.39 is 5.97 Å². The Balaban J connectivity index is 1.47. The molecule has 8 nitrogen and oxygen atoms in total. The van der Waals surface area contributed by atoms with E-state index in [0.717, 1.165) is 69.4 Å². The molecule has 1 saturated carbocycles. The zero-order valence-corrected chi connectivity index (χ0v) is 17.0. The SMILES string of the molecule is CN1CCc2ncc(-n3ccn([C@H]4CC[C@H](CCC(=O)O)CC4)c3=O)nc2CC1. The second-order valence-electron chi connectivity index (χ2n) is 8.39. The molecule has 8 heteroatoms. The summed E-state index contributed by atoms with van der Waals surface area (Å²) in [6.45, 7) is 1.93. The summed E-state index contributed by atoms with van der Waals surface area (Å²) in [5.74, 6) is 0.315. The molecule has 0 aromatic carbocycles. The minimum absolute atomic E-state index is 0.0704. The Morgan fingerprint density at radius 3 is 2.59 bits per heavy atom. The van der Waals surface area contributed by atoms with Crippen molar-refractivity contribution in [3.8, 4) is 5.82 Å². The van der Waals surface area contributed by atoms with Gasteiger partial charge in [0.25, 0.3) is 0 Å². The van der Waals surface area contributed by atoms with Gasteiger partial charge in [-0.25, -0.2) is 9.78 Å². The van der Waals surface area contributed by atoms with E-state index in [4.69, 9.17) is 10.1 Å². The molecule has 0 atom stereocenters. The summed E-state index contributed by atoms with van der Waals surface area (Å²) >= 11 is 0. The lowest BCUT2D eigenvalue weighted by Crippen LogP contribution is -2.29. The monoisotopic (exact) mass is 399 g/mol. The largest absolute Gasteiger partial charge is 0.481 e. The van der Waals surface area contributed by atoms with Crippen LogP contribution in [-0.4, -0.2) is 55.2 Å². The highest BCUT2D eigenvalue weighted by Gasteiger charge is 2.25. The molecule has 0 saturated heterocycles. The summed E-state index contributed by atoms with van der Waals surface area (Å²) in [5, 5.41) is 8.86. The smallest absolute Gasteiger partial charge is 0.334 e. The number of imidazole rings is 1. The molecule has 0 spiro atoms. The molecular formula is C21H29N5O3. The molecule has 2 aromatic heterocycles. The number of hydrogen-bond donors (Lipinski definition) is 1. The number of rotatable bonds is 5. The molecule has 1 N–H and O–H groups in total. The highest BCUT2D eigenvalue weighted by Crippen LogP contribution is 2.33. The normalized spacial score (nSPS) is 22.8. The van der Waals surface area contributed by atoms with Crippen molar-refractivity contribution >= 4 is 5.97 Å². The predicted molar refractivity (Wildman–Crippen MR) is 108 cm³/mol. The molecule has 156 valence electrons. The molecule has 0 bridgehead atoms. The average Bonchev–Trinajstić information content (AvgIpc) is 3.00. The standard InChI is InChI=1S/C21H29N5O3/c1-24-10-8-17-18(9-11-24)23-19(14-22-17)26-13-12-25(21(26)29)16-5-2-15(3-6-16)4-7-20(27)28/h12-16H,2-11H2,1H3,(H,27,28)/t15-,16-. The van der Waals surface area contributed by atoms with Gasteiger partial charge in [-0.2, -0.15) is 0 Å². The lowest BCUT2D eigenvalue weighted by atomic mass is 9.83. The van der Waals surface area contributed by atoms with Crippen LogP contribution < -0.4 is 5.69 Å². The number of carboxylic acids is 1. The van der Waals surface area contributed by atoms with Crippen LogP contribution in [0.25, 0.3) is 5.82 Å². The fourth-order valence-corrected chi connectivity index (χ4v) is 4.55. The van der Waals surface area contributed by atoms with Crippen molar-refractivity contribution in [3.63, 3.8) is 0 Å². The lowest BCUT2D eigenvalue weighted by Gasteiger charge is -2.28. The van der Waals surface area contributed by atoms with Gasteiger partial charge in [-0.1, -0.05) is 0 Å². The second-order valence-corrected chi connectivity index (χ2v) is 8.39. The summed E-state index contributed by atoms with van der Waals surface area (Å²) < 4.78 is 3.41. The van der Waals surface area contributed by atoms with Gasteiger partial charge >= 0.3 is 11.7 Å². The van der Waals surface area contributed by atoms with Crippen molar-refractivity contribution in [3.05, 3.63) is 40.5 Å². The zero-order chi connectivity index (χ0) is 20.4. The molecule has 1 aliphatic carbocycles. The van der Waals surface area contributed by atoms with Crippen molar-refractivity contribution in [2.24, 2.45) is 5.92 Å². The number of hydrogen-bond acceptors (Lipinski definition) is 5. The molecule has 29 heavy (non-hydrogen) atoms. The zero-order valence-electron chi connectivity index (χ0n) is 17.0. The number of likely N-dealkylation sites (N-methyl/N-ethyl adjacent to an activating group) is 1. The fraction of sp³-hybridized carbons (Fsp3) is 0.619. The molecule has 0 unspecified atom stereocenters. The van der Waals surface area contributed by atoms with Crippen LogP contribution in [0.4, 0.5) is 0 Å². The van der Waals surface area contributed by atoms with Crippen molar-refractivity contribution in [2.75, 3.05) is 20.1 Å². The Morgan fingerprint density at radius 2 is 1.86 bits per heavy atom. The highest BCUT2D eigenvalue weighted by molar-refractivity contribution is 5.66. The van der Waals surface area contributed by atoms with Crippen LogP contribution in [0.1, 0.15) is 56.0 Å². The molecular weight excluding hydrogens is 370 g/mol. The van der Waals surface area contributed by atoms with E-state index in [2.05, 4.69) is 16.9 Å². The summed E-state index contributed by atoms with van der Waals surface area (Å²) in [6, 6.07) is 0.173. The Bertz CT molecular complexity index is 927. The Labute approximate surface area is 170 Å². The molecule has 2 aromatic rings. The molecule has 1 fully saturated rings. The van der Waals surface area contributed by atoms with Crippen LogP contribution >= 0.6 is 0 Å². The van der Waals surface area contributed by atoms with E-state index in [1.165, 1.54) is 0 Å². The molecule has 0 radical (unpaired) electrons. The average molecular weight is 399 g/mol. The van der Waals surface area contributed by atoms with Crippen LogP contribution in [0.5, 0.6) is 0 Å². The number of carbonyl (C=O) groups is 1. The van der Waals surface area contributed by atoms with Gasteiger partial charge in [0, 0.05) is 50.8 Å². The number of carboxylic acid groups (broad SMARTS) is 1. The number of aliphatic carboxylic acids is 1. The summed E-state index contributed by atoms with van der Waals surface area (Å²) in [4.78, 5) is 35.4. The first-order chi connectivity index (χ1) is 14.0. The van der Waals surface area contributed by atoms with Crippen LogP contribution in [0.2, 0.25) is 0 Å². The maximum absolute atomic E-state index is 13.0. The van der Waals surface area contributed by atoms with E-state index >= 15 is 0 Å². The van der Waals surface area contributed by atoms with Gasteiger partial charge in [0.2, 0.25) is 0 Å². The van der Waals surface area contributed by atoms with Gasteiger partial charge in [0.1, 0.15) is 0 Å². The Morgan fingerprint density at radius 1 is 1.14 bits per heavy atom. The van der Waals surface area contributed by atoms with E-state index in [1.807, 2.05) is 10.8 Å². The van der Waals surface area contributed by atoms with Gasteiger partial charge in [-0.3, -0.25) is 18.9 Å². The maximum Gasteiger partial charge on any atom is 0.334 e. The van der Waals surface area contributed by atoms with Crippen molar-refractivity contribution in [1.29, 1.82) is 0 Å². The van der Waals surface area contributed by atoms with Crippen molar-refractivity contribution in [2.45, 2.75) is 57.4 Å². The maximum atomic E-state index is 13.0. The number of aromatic nitrogens is 4. The first kappa shape index (κ1) is 19.8. The van der Waals surface area contributed by atoms with Crippen LogP contribution in [0, 0.1) is 5.92 Å². The first-order valence-electron chi connectivity index (χ1n) is 10.6. The quantitative estimate of drug-likeness (QED) is 0.827. The van der Waals surface area contributed by atoms with Crippen molar-refractivity contribution in [1.82, 2.24) is 24.0 Å². The minimum atomic E-state index is -0.728. The van der Waals surface area contributed by atoms with Gasteiger partial charge < -0.3 is 10.0 Å². The van der Waals surface area contributed by atoms with Crippen LogP contribution in [0.15, 0.2) is 23.4 Å². The van der Waals surface area contributed by atoms with Gasteiger partial charge in [0.05, 0.1) is 17.6 Å². The highest BCUT2D eigenvalue weighted by atomic mass is 16.4. The minimum Gasteiger partial charge on any atom is -0.481 e. The third kappa shape index (κ3) is 4.42. The molecule has 0 amide bonds. The van der Waals surface area contributed by atoms with E-state index in [0.29, 0.717) is 11.7 Å². The Hall–Kier alpha value is -2.48. The molecule has 4 rings (SSSR count). The fourth-order valence-electron chi connectivity index (χ4n) is 4.55. The predicted octanol–water partition coefficient (Wildman–Crippen LogP) is 2.06. The van der Waals surface area contributed by atoms with Crippen molar-refractivity contribution < 1.29 is 9.90 Å². The van der Waals surface area contributed by atoms with Gasteiger partial charge in [0.15, 0.2) is 5.82 Å². The molecule has 2 aliphatic rings.